The third-order valence-corrected chi connectivity index (χ3v) is 3.00. The SMILES string of the molecule is Cc1cn2c(Cl)c(I)ncc2n1. The number of aromatic nitrogens is 3. The summed E-state index contributed by atoms with van der Waals surface area (Å²) in [5.74, 6) is 0. The van der Waals surface area contributed by atoms with Crippen LogP contribution in [0.15, 0.2) is 12.4 Å². The Balaban J connectivity index is 2.89. The molecule has 2 rings (SSSR count). The van der Waals surface area contributed by atoms with E-state index >= 15 is 0 Å². The first-order valence-corrected chi connectivity index (χ1v) is 4.80. The van der Waals surface area contributed by atoms with Crippen LogP contribution in [-0.2, 0) is 0 Å². The molecule has 0 spiro atoms. The number of aryl methyl sites for hydroxylation is 1. The number of nitrogens with zero attached hydrogens (tertiary/aromatic N) is 3. The summed E-state index contributed by atoms with van der Waals surface area (Å²) < 4.78 is 2.62. The van der Waals surface area contributed by atoms with Crippen LogP contribution in [-0.4, -0.2) is 14.4 Å². The molecule has 2 aromatic heterocycles. The Bertz CT molecular complexity index is 437. The molecule has 0 atom stereocenters. The number of hydrogen-bond donors (Lipinski definition) is 0. The van der Waals surface area contributed by atoms with E-state index in [0.29, 0.717) is 5.15 Å². The van der Waals surface area contributed by atoms with Crippen molar-refractivity contribution >= 4 is 39.8 Å². The third-order valence-electron chi connectivity index (χ3n) is 1.53. The summed E-state index contributed by atoms with van der Waals surface area (Å²) in [6.45, 7) is 1.93. The second-order valence-electron chi connectivity index (χ2n) is 2.45. The van der Waals surface area contributed by atoms with Crippen molar-refractivity contribution in [2.45, 2.75) is 6.92 Å². The zero-order chi connectivity index (χ0) is 8.72. The Labute approximate surface area is 87.9 Å². The minimum Gasteiger partial charge on any atom is -0.287 e. The van der Waals surface area contributed by atoms with Crippen molar-refractivity contribution in [2.24, 2.45) is 0 Å². The van der Waals surface area contributed by atoms with Crippen LogP contribution in [0, 0.1) is 10.6 Å². The minimum atomic E-state index is 0.619. The highest BCUT2D eigenvalue weighted by atomic mass is 127. The summed E-state index contributed by atoms with van der Waals surface area (Å²) in [6.07, 6.45) is 3.60. The highest BCUT2D eigenvalue weighted by Gasteiger charge is 2.05. The van der Waals surface area contributed by atoms with E-state index in [0.717, 1.165) is 15.0 Å². The van der Waals surface area contributed by atoms with E-state index in [1.54, 1.807) is 6.20 Å². The van der Waals surface area contributed by atoms with Crippen LogP contribution in [0.1, 0.15) is 5.69 Å². The predicted octanol–water partition coefficient (Wildman–Crippen LogP) is 2.30. The Hall–Kier alpha value is -0.360. The average molecular weight is 293 g/mol. The van der Waals surface area contributed by atoms with Crippen molar-refractivity contribution in [2.75, 3.05) is 0 Å². The molecule has 0 aromatic carbocycles. The zero-order valence-corrected chi connectivity index (χ0v) is 9.17. The number of hydrogen-bond acceptors (Lipinski definition) is 2. The van der Waals surface area contributed by atoms with Crippen molar-refractivity contribution in [1.29, 1.82) is 0 Å². The summed E-state index contributed by atoms with van der Waals surface area (Å²) in [5.41, 5.74) is 1.73. The molecule has 5 heteroatoms. The quantitative estimate of drug-likeness (QED) is 0.698. The van der Waals surface area contributed by atoms with E-state index < -0.39 is 0 Å². The average Bonchev–Trinajstić information content (AvgIpc) is 2.39. The number of halogens is 2. The Morgan fingerprint density at radius 2 is 2.33 bits per heavy atom. The molecule has 0 saturated carbocycles. The first-order valence-electron chi connectivity index (χ1n) is 3.34. The van der Waals surface area contributed by atoms with Crippen LogP contribution in [0.2, 0.25) is 5.15 Å². The summed E-state index contributed by atoms with van der Waals surface area (Å²) in [4.78, 5) is 8.32. The van der Waals surface area contributed by atoms with Gasteiger partial charge in [-0.1, -0.05) is 11.6 Å². The molecule has 0 bridgehead atoms. The Morgan fingerprint density at radius 3 is 3.08 bits per heavy atom. The molecule has 0 aliphatic heterocycles. The number of imidazole rings is 1. The van der Waals surface area contributed by atoms with Gasteiger partial charge in [0.05, 0.1) is 11.9 Å². The molecular weight excluding hydrogens is 288 g/mol. The van der Waals surface area contributed by atoms with E-state index in [9.17, 15) is 0 Å². The molecule has 0 fully saturated rings. The molecule has 3 nitrogen and oxygen atoms in total. The van der Waals surface area contributed by atoms with Gasteiger partial charge in [-0.15, -0.1) is 0 Å². The van der Waals surface area contributed by atoms with Gasteiger partial charge in [-0.25, -0.2) is 9.97 Å². The number of fused-ring (bicyclic) bond motifs is 1. The zero-order valence-electron chi connectivity index (χ0n) is 6.25. The Kier molecular flexibility index (Phi) is 1.96. The third kappa shape index (κ3) is 1.19. The molecule has 0 amide bonds. The normalized spacial score (nSPS) is 10.9. The van der Waals surface area contributed by atoms with Crippen molar-refractivity contribution in [3.05, 3.63) is 26.9 Å². The number of rotatable bonds is 0. The van der Waals surface area contributed by atoms with Gasteiger partial charge in [-0.05, 0) is 29.5 Å². The van der Waals surface area contributed by atoms with Crippen molar-refractivity contribution < 1.29 is 0 Å². The second kappa shape index (κ2) is 2.85. The topological polar surface area (TPSA) is 30.2 Å². The van der Waals surface area contributed by atoms with Crippen LogP contribution in [0.3, 0.4) is 0 Å². The maximum absolute atomic E-state index is 5.99. The van der Waals surface area contributed by atoms with Crippen molar-refractivity contribution in [3.63, 3.8) is 0 Å². The van der Waals surface area contributed by atoms with E-state index in [4.69, 9.17) is 11.6 Å². The lowest BCUT2D eigenvalue weighted by molar-refractivity contribution is 1.10. The van der Waals surface area contributed by atoms with Gasteiger partial charge in [-0.2, -0.15) is 0 Å². The summed E-state index contributed by atoms with van der Waals surface area (Å²) in [6, 6.07) is 0. The van der Waals surface area contributed by atoms with Gasteiger partial charge in [0.2, 0.25) is 0 Å². The molecule has 62 valence electrons. The highest BCUT2D eigenvalue weighted by Crippen LogP contribution is 2.17. The van der Waals surface area contributed by atoms with Crippen LogP contribution >= 0.6 is 34.2 Å². The van der Waals surface area contributed by atoms with Gasteiger partial charge < -0.3 is 0 Å². The first-order chi connectivity index (χ1) is 5.68. The predicted molar refractivity (Wildman–Crippen MR) is 55.5 cm³/mol. The molecule has 0 aliphatic rings. The Morgan fingerprint density at radius 1 is 1.58 bits per heavy atom. The van der Waals surface area contributed by atoms with Gasteiger partial charge in [0.1, 0.15) is 8.85 Å². The maximum Gasteiger partial charge on any atom is 0.156 e. The molecule has 0 saturated heterocycles. The van der Waals surface area contributed by atoms with Crippen LogP contribution in [0.4, 0.5) is 0 Å². The van der Waals surface area contributed by atoms with Gasteiger partial charge in [-0.3, -0.25) is 4.40 Å². The fraction of sp³-hybridized carbons (Fsp3) is 0.143. The van der Waals surface area contributed by atoms with Crippen LogP contribution in [0.25, 0.3) is 5.65 Å². The molecular formula is C7H5ClIN3. The lowest BCUT2D eigenvalue weighted by Crippen LogP contribution is -1.91. The smallest absolute Gasteiger partial charge is 0.156 e. The molecule has 12 heavy (non-hydrogen) atoms. The van der Waals surface area contributed by atoms with Crippen molar-refractivity contribution in [1.82, 2.24) is 14.4 Å². The van der Waals surface area contributed by atoms with E-state index in [2.05, 4.69) is 32.6 Å². The van der Waals surface area contributed by atoms with Gasteiger partial charge in [0, 0.05) is 6.20 Å². The molecule has 0 N–H and O–H groups in total. The van der Waals surface area contributed by atoms with Gasteiger partial charge in [0.25, 0.3) is 0 Å². The maximum atomic E-state index is 5.99. The fourth-order valence-electron chi connectivity index (χ4n) is 1.03. The van der Waals surface area contributed by atoms with Crippen molar-refractivity contribution in [3.8, 4) is 0 Å². The minimum absolute atomic E-state index is 0.619. The van der Waals surface area contributed by atoms with E-state index in [1.165, 1.54) is 0 Å². The summed E-state index contributed by atoms with van der Waals surface area (Å²) >= 11 is 8.08. The van der Waals surface area contributed by atoms with E-state index in [-0.39, 0.29) is 0 Å². The molecule has 2 heterocycles. The highest BCUT2D eigenvalue weighted by molar-refractivity contribution is 14.1. The molecule has 0 unspecified atom stereocenters. The largest absolute Gasteiger partial charge is 0.287 e. The molecule has 2 aromatic rings. The van der Waals surface area contributed by atoms with Gasteiger partial charge in [0.15, 0.2) is 5.65 Å². The van der Waals surface area contributed by atoms with Gasteiger partial charge >= 0.3 is 0 Å². The first kappa shape index (κ1) is 8.25. The summed E-state index contributed by atoms with van der Waals surface area (Å²) in [5, 5.41) is 0.619. The van der Waals surface area contributed by atoms with Crippen LogP contribution in [0.5, 0.6) is 0 Å². The van der Waals surface area contributed by atoms with Crippen LogP contribution < -0.4 is 0 Å². The van der Waals surface area contributed by atoms with E-state index in [1.807, 2.05) is 17.5 Å². The lowest BCUT2D eigenvalue weighted by atomic mass is 10.6. The monoisotopic (exact) mass is 293 g/mol. The lowest BCUT2D eigenvalue weighted by Gasteiger charge is -1.97. The fourth-order valence-corrected chi connectivity index (χ4v) is 1.62. The second-order valence-corrected chi connectivity index (χ2v) is 3.83. The molecule has 0 radical (unpaired) electrons. The molecule has 0 aliphatic carbocycles. The standard InChI is InChI=1S/C7H5ClIN3/c1-4-3-12-5(11-4)2-10-7(9)6(12)8/h2-3H,1H3. The summed E-state index contributed by atoms with van der Waals surface area (Å²) in [7, 11) is 0.